The Labute approximate surface area is 180 Å². The number of fused-ring (bicyclic) bond motifs is 1. The smallest absolute Gasteiger partial charge is 0.338 e. The van der Waals surface area contributed by atoms with Crippen LogP contribution in [0.2, 0.25) is 0 Å². The number of carbonyl (C=O) groups excluding carboxylic acids is 2. The summed E-state index contributed by atoms with van der Waals surface area (Å²) >= 11 is 0. The van der Waals surface area contributed by atoms with Gasteiger partial charge in [-0.15, -0.1) is 0 Å². The van der Waals surface area contributed by atoms with E-state index in [1.54, 1.807) is 30.0 Å². The summed E-state index contributed by atoms with van der Waals surface area (Å²) in [6.45, 7) is 1.66. The number of ketones is 1. The molecule has 0 unspecified atom stereocenters. The van der Waals surface area contributed by atoms with Crippen LogP contribution in [0.5, 0.6) is 11.5 Å². The fourth-order valence-corrected chi connectivity index (χ4v) is 3.42. The molecular weight excluding hydrogens is 398 g/mol. The molecule has 0 amide bonds. The van der Waals surface area contributed by atoms with Crippen LogP contribution in [0, 0.1) is 11.3 Å². The van der Waals surface area contributed by atoms with Crippen LogP contribution in [0.4, 0.5) is 11.4 Å². The number of para-hydroxylation sites is 2. The first kappa shape index (κ1) is 21.7. The molecule has 0 saturated carbocycles. The van der Waals surface area contributed by atoms with Gasteiger partial charge in [-0.05, 0) is 37.3 Å². The Balaban J connectivity index is 1.77. The predicted octanol–water partition coefficient (Wildman–Crippen LogP) is 3.14. The highest BCUT2D eigenvalue weighted by molar-refractivity contribution is 6.04. The van der Waals surface area contributed by atoms with Crippen LogP contribution in [-0.2, 0) is 9.53 Å². The molecule has 3 rings (SSSR count). The molecule has 0 fully saturated rings. The van der Waals surface area contributed by atoms with Crippen molar-refractivity contribution in [3.8, 4) is 17.6 Å². The van der Waals surface area contributed by atoms with Crippen LogP contribution in [0.3, 0.4) is 0 Å². The van der Waals surface area contributed by atoms with E-state index in [1.165, 1.54) is 19.2 Å². The Hall–Kier alpha value is -3.99. The lowest BCUT2D eigenvalue weighted by Crippen LogP contribution is -2.27. The number of Topliss-reactive ketones (excluding diaryl/α,β-unsaturated/α-hetero) is 1. The van der Waals surface area contributed by atoms with E-state index in [2.05, 4.69) is 0 Å². The number of nitrogens with zero attached hydrogens (tertiary/aromatic N) is 3. The van der Waals surface area contributed by atoms with Crippen LogP contribution in [0.15, 0.2) is 53.9 Å². The molecule has 2 aromatic rings. The number of anilines is 2. The number of rotatable bonds is 7. The molecule has 8 heteroatoms. The second-order valence-electron chi connectivity index (χ2n) is 6.72. The first-order chi connectivity index (χ1) is 14.9. The van der Waals surface area contributed by atoms with Crippen molar-refractivity contribution in [3.05, 3.63) is 59.4 Å². The van der Waals surface area contributed by atoms with Crippen molar-refractivity contribution in [1.29, 1.82) is 5.26 Å². The highest BCUT2D eigenvalue weighted by Gasteiger charge is 2.31. The summed E-state index contributed by atoms with van der Waals surface area (Å²) in [5, 5.41) is 9.65. The van der Waals surface area contributed by atoms with E-state index in [-0.39, 0.29) is 11.1 Å². The van der Waals surface area contributed by atoms with E-state index in [4.69, 9.17) is 14.2 Å². The second-order valence-corrected chi connectivity index (χ2v) is 6.72. The highest BCUT2D eigenvalue weighted by Crippen LogP contribution is 2.40. The Morgan fingerprint density at radius 3 is 2.23 bits per heavy atom. The van der Waals surface area contributed by atoms with Gasteiger partial charge in [0.2, 0.25) is 5.78 Å². The molecule has 1 aliphatic rings. The molecule has 0 saturated heterocycles. The molecule has 0 radical (unpaired) electrons. The molecule has 0 bridgehead atoms. The minimum atomic E-state index is -0.698. The minimum absolute atomic E-state index is 0.0845. The molecule has 0 aliphatic carbocycles. The van der Waals surface area contributed by atoms with E-state index in [0.29, 0.717) is 23.9 Å². The fraction of sp³-hybridized carbons (Fsp3) is 0.261. The van der Waals surface area contributed by atoms with Crippen LogP contribution < -0.4 is 19.3 Å². The third-order valence-corrected chi connectivity index (χ3v) is 4.89. The maximum Gasteiger partial charge on any atom is 0.338 e. The summed E-state index contributed by atoms with van der Waals surface area (Å²) in [5.41, 5.74) is 1.88. The van der Waals surface area contributed by atoms with Gasteiger partial charge in [0.1, 0.15) is 17.5 Å². The molecule has 2 aromatic carbocycles. The SMILES string of the molecule is CCOc1cc(C(=O)OCC(=O)C(C#N)=C2N(C)c3ccccc3N2C)ccc1OC. The Morgan fingerprint density at radius 2 is 1.68 bits per heavy atom. The number of methoxy groups -OCH3 is 1. The van der Waals surface area contributed by atoms with Crippen LogP contribution in [0.25, 0.3) is 0 Å². The fourth-order valence-electron chi connectivity index (χ4n) is 3.42. The van der Waals surface area contributed by atoms with Crippen molar-refractivity contribution in [2.45, 2.75) is 6.92 Å². The van der Waals surface area contributed by atoms with Gasteiger partial charge in [0.25, 0.3) is 0 Å². The number of hydrogen-bond acceptors (Lipinski definition) is 8. The summed E-state index contributed by atoms with van der Waals surface area (Å²) < 4.78 is 15.8. The van der Waals surface area contributed by atoms with E-state index in [9.17, 15) is 14.9 Å². The van der Waals surface area contributed by atoms with Crippen molar-refractivity contribution >= 4 is 23.1 Å². The van der Waals surface area contributed by atoms with Gasteiger partial charge >= 0.3 is 5.97 Å². The molecule has 0 N–H and O–H groups in total. The van der Waals surface area contributed by atoms with Crippen molar-refractivity contribution < 1.29 is 23.8 Å². The molecule has 0 spiro atoms. The zero-order valence-electron chi connectivity index (χ0n) is 17.8. The third kappa shape index (κ3) is 4.16. The lowest BCUT2D eigenvalue weighted by atomic mass is 10.1. The zero-order chi connectivity index (χ0) is 22.5. The lowest BCUT2D eigenvalue weighted by Gasteiger charge is -2.19. The lowest BCUT2D eigenvalue weighted by molar-refractivity contribution is -0.118. The van der Waals surface area contributed by atoms with E-state index < -0.39 is 18.4 Å². The number of hydrogen-bond donors (Lipinski definition) is 0. The van der Waals surface area contributed by atoms with Gasteiger partial charge in [-0.1, -0.05) is 12.1 Å². The molecule has 31 heavy (non-hydrogen) atoms. The van der Waals surface area contributed by atoms with Crippen molar-refractivity contribution in [3.63, 3.8) is 0 Å². The Morgan fingerprint density at radius 1 is 1.03 bits per heavy atom. The number of nitriles is 1. The first-order valence-corrected chi connectivity index (χ1v) is 9.64. The van der Waals surface area contributed by atoms with Gasteiger partial charge in [-0.2, -0.15) is 5.26 Å². The summed E-state index contributed by atoms with van der Waals surface area (Å²) in [6.07, 6.45) is 0. The van der Waals surface area contributed by atoms with Gasteiger partial charge in [0.05, 0.1) is 30.7 Å². The van der Waals surface area contributed by atoms with Crippen molar-refractivity contribution in [1.82, 2.24) is 0 Å². The summed E-state index contributed by atoms with van der Waals surface area (Å²) in [5.74, 6) is 0.0369. The van der Waals surface area contributed by atoms with Crippen molar-refractivity contribution in [2.75, 3.05) is 44.2 Å². The van der Waals surface area contributed by atoms with Gasteiger partial charge in [0, 0.05) is 14.1 Å². The predicted molar refractivity (Wildman–Crippen MR) is 115 cm³/mol. The van der Waals surface area contributed by atoms with Crippen LogP contribution in [-0.4, -0.2) is 46.2 Å². The summed E-state index contributed by atoms with van der Waals surface area (Å²) in [7, 11) is 5.06. The maximum atomic E-state index is 12.8. The quantitative estimate of drug-likeness (QED) is 0.383. The zero-order valence-corrected chi connectivity index (χ0v) is 17.8. The Bertz CT molecular complexity index is 1060. The van der Waals surface area contributed by atoms with Crippen molar-refractivity contribution in [2.24, 2.45) is 0 Å². The summed E-state index contributed by atoms with van der Waals surface area (Å²) in [6, 6.07) is 14.1. The molecule has 1 aliphatic heterocycles. The van der Waals surface area contributed by atoms with E-state index >= 15 is 0 Å². The monoisotopic (exact) mass is 421 g/mol. The van der Waals surface area contributed by atoms with Gasteiger partial charge < -0.3 is 24.0 Å². The van der Waals surface area contributed by atoms with E-state index in [1.807, 2.05) is 37.3 Å². The number of esters is 1. The normalized spacial score (nSPS) is 12.2. The topological polar surface area (TPSA) is 92.1 Å². The molecule has 0 atom stereocenters. The number of ether oxygens (including phenoxy) is 3. The van der Waals surface area contributed by atoms with Gasteiger partial charge in [0.15, 0.2) is 18.1 Å². The molecular formula is C23H23N3O5. The van der Waals surface area contributed by atoms with Crippen LogP contribution in [0.1, 0.15) is 17.3 Å². The average molecular weight is 421 g/mol. The minimum Gasteiger partial charge on any atom is -0.493 e. The third-order valence-electron chi connectivity index (χ3n) is 4.89. The molecule has 0 aromatic heterocycles. The maximum absolute atomic E-state index is 12.8. The van der Waals surface area contributed by atoms with Gasteiger partial charge in [-0.25, -0.2) is 4.79 Å². The van der Waals surface area contributed by atoms with E-state index in [0.717, 1.165) is 11.4 Å². The summed E-state index contributed by atoms with van der Waals surface area (Å²) in [4.78, 5) is 28.7. The van der Waals surface area contributed by atoms with Gasteiger partial charge in [-0.3, -0.25) is 4.79 Å². The number of benzene rings is 2. The molecule has 1 heterocycles. The van der Waals surface area contributed by atoms with Crippen LogP contribution >= 0.6 is 0 Å². The first-order valence-electron chi connectivity index (χ1n) is 9.64. The Kier molecular flexibility index (Phi) is 6.46. The second kappa shape index (κ2) is 9.22. The largest absolute Gasteiger partial charge is 0.493 e. The molecule has 160 valence electrons. The number of carbonyl (C=O) groups is 2. The average Bonchev–Trinajstić information content (AvgIpc) is 3.03. The standard InChI is InChI=1S/C23H23N3O5/c1-5-30-21-12-15(10-11-20(21)29-4)23(28)31-14-19(27)16(13-24)22-25(2)17-8-6-7-9-18(17)26(22)3/h6-12H,5,14H2,1-4H3. The molecule has 8 nitrogen and oxygen atoms in total. The highest BCUT2D eigenvalue weighted by atomic mass is 16.5.